The molecule has 1 amide bonds. The van der Waals surface area contributed by atoms with Crippen LogP contribution in [0, 0.1) is 20.8 Å². The van der Waals surface area contributed by atoms with Gasteiger partial charge in [-0.25, -0.2) is 4.98 Å². The highest BCUT2D eigenvalue weighted by molar-refractivity contribution is 9.10. The monoisotopic (exact) mass is 462 g/mol. The first-order valence-electron chi connectivity index (χ1n) is 9.72. The van der Waals surface area contributed by atoms with Crippen LogP contribution < -0.4 is 10.6 Å². The lowest BCUT2D eigenvalue weighted by molar-refractivity contribution is 0.1000. The Balaban J connectivity index is 2.01. The number of para-hydroxylation sites is 1. The molecule has 4 aromatic rings. The molecule has 4 rings (SSSR count). The number of nitrogens with two attached hydrogens (primary N) is 1. The Morgan fingerprint density at radius 3 is 2.47 bits per heavy atom. The smallest absolute Gasteiger partial charge is 0.250 e. The zero-order valence-electron chi connectivity index (χ0n) is 17.2. The van der Waals surface area contributed by atoms with Gasteiger partial charge in [-0.2, -0.15) is 0 Å². The summed E-state index contributed by atoms with van der Waals surface area (Å²) in [7, 11) is 0. The molecule has 0 spiro atoms. The molecule has 0 aliphatic carbocycles. The predicted molar refractivity (Wildman–Crippen MR) is 124 cm³/mol. The normalized spacial score (nSPS) is 11.1. The summed E-state index contributed by atoms with van der Waals surface area (Å²) in [5.41, 5.74) is 13.0. The molecule has 6 heteroatoms. The molecule has 2 heterocycles. The van der Waals surface area contributed by atoms with E-state index in [2.05, 4.69) is 46.0 Å². The number of hydrogen-bond acceptors (Lipinski definition) is 3. The van der Waals surface area contributed by atoms with Crippen LogP contribution in [0.25, 0.3) is 5.65 Å². The number of primary amides is 1. The van der Waals surface area contributed by atoms with Crippen molar-refractivity contribution < 1.29 is 4.79 Å². The molecule has 0 aliphatic heterocycles. The number of anilines is 2. The summed E-state index contributed by atoms with van der Waals surface area (Å²) >= 11 is 3.70. The van der Waals surface area contributed by atoms with Crippen molar-refractivity contribution in [1.29, 1.82) is 0 Å². The number of rotatable bonds is 5. The van der Waals surface area contributed by atoms with E-state index in [9.17, 15) is 4.79 Å². The van der Waals surface area contributed by atoms with Gasteiger partial charge in [0.15, 0.2) is 5.65 Å². The van der Waals surface area contributed by atoms with Crippen LogP contribution in [0.2, 0.25) is 0 Å². The zero-order chi connectivity index (χ0) is 21.4. The van der Waals surface area contributed by atoms with E-state index in [1.54, 1.807) is 6.20 Å². The van der Waals surface area contributed by atoms with Gasteiger partial charge in [0.1, 0.15) is 0 Å². The number of benzene rings is 2. The van der Waals surface area contributed by atoms with Crippen LogP contribution in [-0.2, 0) is 6.54 Å². The van der Waals surface area contributed by atoms with E-state index in [1.807, 2.05) is 54.6 Å². The van der Waals surface area contributed by atoms with Crippen molar-refractivity contribution in [1.82, 2.24) is 9.38 Å². The number of hydrogen-bond donors (Lipinski definition) is 1. The van der Waals surface area contributed by atoms with Crippen LogP contribution in [-0.4, -0.2) is 15.3 Å². The van der Waals surface area contributed by atoms with Crippen LogP contribution in [0.1, 0.15) is 32.9 Å². The molecule has 2 aromatic carbocycles. The molecule has 0 saturated carbocycles. The van der Waals surface area contributed by atoms with Crippen LogP contribution in [0.4, 0.5) is 11.4 Å². The average molecular weight is 463 g/mol. The van der Waals surface area contributed by atoms with Crippen molar-refractivity contribution in [2.24, 2.45) is 5.73 Å². The molecule has 5 nitrogen and oxygen atoms in total. The lowest BCUT2D eigenvalue weighted by Crippen LogP contribution is -2.20. The van der Waals surface area contributed by atoms with Crippen molar-refractivity contribution in [2.75, 3.05) is 4.90 Å². The van der Waals surface area contributed by atoms with E-state index in [-0.39, 0.29) is 0 Å². The highest BCUT2D eigenvalue weighted by atomic mass is 79.9. The van der Waals surface area contributed by atoms with Crippen LogP contribution >= 0.6 is 15.9 Å². The summed E-state index contributed by atoms with van der Waals surface area (Å²) in [6.45, 7) is 6.69. The van der Waals surface area contributed by atoms with Crippen LogP contribution in [0.15, 0.2) is 65.3 Å². The number of carbonyl (C=O) groups is 1. The summed E-state index contributed by atoms with van der Waals surface area (Å²) in [6.07, 6.45) is 1.77. The fraction of sp³-hybridized carbons (Fsp3) is 0.167. The number of fused-ring (bicyclic) bond motifs is 1. The first-order chi connectivity index (χ1) is 14.4. The largest absolute Gasteiger partial charge is 0.366 e. The van der Waals surface area contributed by atoms with Crippen molar-refractivity contribution >= 4 is 38.9 Å². The average Bonchev–Trinajstić information content (AvgIpc) is 3.01. The number of carbonyl (C=O) groups excluding carboxylic acids is 1. The van der Waals surface area contributed by atoms with Gasteiger partial charge in [0.05, 0.1) is 22.6 Å². The number of pyridine rings is 1. The Morgan fingerprint density at radius 1 is 1.07 bits per heavy atom. The van der Waals surface area contributed by atoms with E-state index in [0.29, 0.717) is 12.1 Å². The van der Waals surface area contributed by atoms with Gasteiger partial charge in [-0.1, -0.05) is 36.4 Å². The number of amides is 1. The number of imidazole rings is 1. The Hall–Kier alpha value is -3.12. The molecule has 0 atom stereocenters. The second-order valence-corrected chi connectivity index (χ2v) is 8.27. The SMILES string of the molecule is Cc1ccccc1CN(c1ccccc1Br)c1cc(C(N)=O)cn2c(C)c(C)nc12. The molecule has 152 valence electrons. The van der Waals surface area contributed by atoms with Crippen LogP contribution in [0.5, 0.6) is 0 Å². The van der Waals surface area contributed by atoms with E-state index in [0.717, 1.165) is 32.9 Å². The van der Waals surface area contributed by atoms with Gasteiger partial charge in [-0.3, -0.25) is 4.79 Å². The van der Waals surface area contributed by atoms with Crippen molar-refractivity contribution in [3.05, 3.63) is 93.3 Å². The van der Waals surface area contributed by atoms with Crippen molar-refractivity contribution in [3.63, 3.8) is 0 Å². The minimum atomic E-state index is -0.466. The number of halogens is 1. The van der Waals surface area contributed by atoms with E-state index >= 15 is 0 Å². The quantitative estimate of drug-likeness (QED) is 0.428. The highest BCUT2D eigenvalue weighted by Gasteiger charge is 2.21. The number of nitrogens with zero attached hydrogens (tertiary/aromatic N) is 3. The second-order valence-electron chi connectivity index (χ2n) is 7.42. The molecule has 0 radical (unpaired) electrons. The molecule has 0 unspecified atom stereocenters. The highest BCUT2D eigenvalue weighted by Crippen LogP contribution is 2.37. The fourth-order valence-corrected chi connectivity index (χ4v) is 4.11. The van der Waals surface area contributed by atoms with Gasteiger partial charge in [0.25, 0.3) is 0 Å². The second kappa shape index (κ2) is 7.95. The fourth-order valence-electron chi connectivity index (χ4n) is 3.62. The van der Waals surface area contributed by atoms with E-state index < -0.39 is 5.91 Å². The number of aromatic nitrogens is 2. The summed E-state index contributed by atoms with van der Waals surface area (Å²) in [5, 5.41) is 0. The van der Waals surface area contributed by atoms with E-state index in [1.165, 1.54) is 11.1 Å². The lowest BCUT2D eigenvalue weighted by atomic mass is 10.1. The van der Waals surface area contributed by atoms with Gasteiger partial charge < -0.3 is 15.0 Å². The molecular weight excluding hydrogens is 440 g/mol. The van der Waals surface area contributed by atoms with Gasteiger partial charge in [-0.05, 0) is 66.0 Å². The minimum Gasteiger partial charge on any atom is -0.366 e. The molecular formula is C24H23BrN4O. The van der Waals surface area contributed by atoms with Crippen LogP contribution in [0.3, 0.4) is 0 Å². The van der Waals surface area contributed by atoms with Gasteiger partial charge >= 0.3 is 0 Å². The summed E-state index contributed by atoms with van der Waals surface area (Å²) in [6, 6.07) is 18.2. The van der Waals surface area contributed by atoms with E-state index in [4.69, 9.17) is 10.7 Å². The van der Waals surface area contributed by atoms with Crippen molar-refractivity contribution in [2.45, 2.75) is 27.3 Å². The first-order valence-corrected chi connectivity index (χ1v) is 10.5. The third-order valence-corrected chi connectivity index (χ3v) is 6.16. The molecule has 0 aliphatic rings. The Bertz CT molecular complexity index is 1260. The summed E-state index contributed by atoms with van der Waals surface area (Å²) in [5.74, 6) is -0.466. The maximum absolute atomic E-state index is 12.1. The molecule has 2 aromatic heterocycles. The maximum atomic E-state index is 12.1. The Kier molecular flexibility index (Phi) is 5.35. The first kappa shape index (κ1) is 20.2. The molecule has 0 bridgehead atoms. The third-order valence-electron chi connectivity index (χ3n) is 5.48. The summed E-state index contributed by atoms with van der Waals surface area (Å²) < 4.78 is 2.91. The Labute approximate surface area is 184 Å². The van der Waals surface area contributed by atoms with Gasteiger partial charge in [-0.15, -0.1) is 0 Å². The van der Waals surface area contributed by atoms with Gasteiger partial charge in [0, 0.05) is 22.9 Å². The number of aryl methyl sites for hydroxylation is 3. The summed E-state index contributed by atoms with van der Waals surface area (Å²) in [4.78, 5) is 19.1. The molecule has 0 fully saturated rings. The molecule has 30 heavy (non-hydrogen) atoms. The van der Waals surface area contributed by atoms with Gasteiger partial charge in [0.2, 0.25) is 5.91 Å². The molecule has 2 N–H and O–H groups in total. The topological polar surface area (TPSA) is 63.6 Å². The Morgan fingerprint density at radius 2 is 1.77 bits per heavy atom. The lowest BCUT2D eigenvalue weighted by Gasteiger charge is -2.27. The zero-order valence-corrected chi connectivity index (χ0v) is 18.8. The predicted octanol–water partition coefficient (Wildman–Crippen LogP) is 5.46. The van der Waals surface area contributed by atoms with Crippen molar-refractivity contribution in [3.8, 4) is 0 Å². The maximum Gasteiger partial charge on any atom is 0.250 e. The molecule has 0 saturated heterocycles. The minimum absolute atomic E-state index is 0.444. The standard InChI is InChI=1S/C24H23BrN4O/c1-15-8-4-5-9-18(15)13-29(21-11-7-6-10-20(21)25)22-12-19(23(26)30)14-28-17(3)16(2)27-24(22)28/h4-12,14H,13H2,1-3H3,(H2,26,30). The third kappa shape index (κ3) is 3.59.